The van der Waals surface area contributed by atoms with Gasteiger partial charge in [0.1, 0.15) is 11.6 Å². The molecule has 0 fully saturated rings. The lowest BCUT2D eigenvalue weighted by atomic mass is 10.2. The SMILES string of the molecule is COc1ccccc1Nc1c[c]nc(N)c1. The molecule has 1 aromatic carbocycles. The molecule has 0 aliphatic carbocycles. The number of nitrogens with zero attached hydrogens (tertiary/aromatic N) is 1. The summed E-state index contributed by atoms with van der Waals surface area (Å²) < 4.78 is 5.23. The highest BCUT2D eigenvalue weighted by atomic mass is 16.5. The molecule has 0 saturated carbocycles. The molecule has 1 radical (unpaired) electrons. The average Bonchev–Trinajstić information content (AvgIpc) is 2.30. The van der Waals surface area contributed by atoms with Crippen LogP contribution in [0.1, 0.15) is 0 Å². The number of methoxy groups -OCH3 is 1. The lowest BCUT2D eigenvalue weighted by Gasteiger charge is -2.10. The standard InChI is InChI=1S/C12H12N3O/c1-16-11-5-3-2-4-10(11)15-9-6-7-14-12(13)8-9/h2-6,8H,1H3,(H3,13,14,15). The van der Waals surface area contributed by atoms with E-state index in [9.17, 15) is 0 Å². The number of hydrogen-bond acceptors (Lipinski definition) is 4. The normalized spacial score (nSPS) is 9.81. The van der Waals surface area contributed by atoms with E-state index in [1.807, 2.05) is 24.3 Å². The van der Waals surface area contributed by atoms with Crippen LogP contribution >= 0.6 is 0 Å². The highest BCUT2D eigenvalue weighted by Crippen LogP contribution is 2.26. The molecule has 0 unspecified atom stereocenters. The van der Waals surface area contributed by atoms with Gasteiger partial charge in [0.25, 0.3) is 0 Å². The van der Waals surface area contributed by atoms with Gasteiger partial charge >= 0.3 is 0 Å². The molecule has 2 aromatic rings. The Kier molecular flexibility index (Phi) is 2.91. The minimum absolute atomic E-state index is 0.430. The van der Waals surface area contributed by atoms with E-state index in [1.54, 1.807) is 19.2 Å². The van der Waals surface area contributed by atoms with E-state index in [2.05, 4.69) is 16.5 Å². The summed E-state index contributed by atoms with van der Waals surface area (Å²) in [6, 6.07) is 11.1. The number of hydrogen-bond donors (Lipinski definition) is 2. The van der Waals surface area contributed by atoms with Crippen LogP contribution in [-0.4, -0.2) is 12.1 Å². The fourth-order valence-corrected chi connectivity index (χ4v) is 1.39. The predicted molar refractivity (Wildman–Crippen MR) is 63.8 cm³/mol. The number of anilines is 3. The van der Waals surface area contributed by atoms with Gasteiger partial charge in [-0.2, -0.15) is 0 Å². The summed E-state index contributed by atoms with van der Waals surface area (Å²) in [7, 11) is 1.63. The lowest BCUT2D eigenvalue weighted by Crippen LogP contribution is -1.96. The van der Waals surface area contributed by atoms with Crippen molar-refractivity contribution in [3.63, 3.8) is 0 Å². The largest absolute Gasteiger partial charge is 0.495 e. The highest BCUT2D eigenvalue weighted by molar-refractivity contribution is 5.67. The maximum atomic E-state index is 5.57. The molecule has 0 saturated heterocycles. The van der Waals surface area contributed by atoms with Gasteiger partial charge in [0.2, 0.25) is 0 Å². The molecule has 2 rings (SSSR count). The minimum Gasteiger partial charge on any atom is -0.495 e. The van der Waals surface area contributed by atoms with Crippen molar-refractivity contribution in [1.82, 2.24) is 4.98 Å². The predicted octanol–water partition coefficient (Wildman–Crippen LogP) is 2.22. The molecule has 1 heterocycles. The van der Waals surface area contributed by atoms with Crippen LogP contribution in [0, 0.1) is 6.20 Å². The smallest absolute Gasteiger partial charge is 0.142 e. The third-order valence-corrected chi connectivity index (χ3v) is 2.10. The van der Waals surface area contributed by atoms with E-state index in [1.165, 1.54) is 0 Å². The highest BCUT2D eigenvalue weighted by Gasteiger charge is 2.01. The molecule has 0 spiro atoms. The topological polar surface area (TPSA) is 60.2 Å². The number of nitrogens with one attached hydrogen (secondary N) is 1. The molecule has 0 amide bonds. The summed E-state index contributed by atoms with van der Waals surface area (Å²) in [6.45, 7) is 0. The van der Waals surface area contributed by atoms with E-state index < -0.39 is 0 Å². The zero-order chi connectivity index (χ0) is 11.4. The molecule has 0 bridgehead atoms. The van der Waals surface area contributed by atoms with Crippen LogP contribution in [0.3, 0.4) is 0 Å². The monoisotopic (exact) mass is 214 g/mol. The Balaban J connectivity index is 2.26. The number of nitrogens with two attached hydrogens (primary N) is 1. The minimum atomic E-state index is 0.430. The number of para-hydroxylation sites is 2. The Morgan fingerprint density at radius 1 is 1.38 bits per heavy atom. The van der Waals surface area contributed by atoms with Gasteiger partial charge in [0.15, 0.2) is 0 Å². The first kappa shape index (κ1) is 10.3. The third kappa shape index (κ3) is 2.23. The maximum Gasteiger partial charge on any atom is 0.142 e. The first-order valence-electron chi connectivity index (χ1n) is 4.83. The van der Waals surface area contributed by atoms with Crippen molar-refractivity contribution >= 4 is 17.2 Å². The van der Waals surface area contributed by atoms with Gasteiger partial charge in [-0.1, -0.05) is 12.1 Å². The fraction of sp³-hybridized carbons (Fsp3) is 0.0833. The van der Waals surface area contributed by atoms with Crippen LogP contribution < -0.4 is 15.8 Å². The van der Waals surface area contributed by atoms with E-state index in [-0.39, 0.29) is 0 Å². The Morgan fingerprint density at radius 2 is 2.19 bits per heavy atom. The molecular formula is C12H12N3O. The van der Waals surface area contributed by atoms with Gasteiger partial charge in [-0.05, 0) is 18.2 Å². The fourth-order valence-electron chi connectivity index (χ4n) is 1.39. The van der Waals surface area contributed by atoms with E-state index in [0.717, 1.165) is 17.1 Å². The summed E-state index contributed by atoms with van der Waals surface area (Å²) in [5, 5.41) is 3.19. The number of ether oxygens (including phenoxy) is 1. The molecule has 81 valence electrons. The summed E-state index contributed by atoms with van der Waals surface area (Å²) in [5.41, 5.74) is 7.28. The second kappa shape index (κ2) is 4.53. The second-order valence-electron chi connectivity index (χ2n) is 3.24. The van der Waals surface area contributed by atoms with Crippen molar-refractivity contribution in [2.24, 2.45) is 0 Å². The zero-order valence-corrected chi connectivity index (χ0v) is 8.90. The Labute approximate surface area is 94.1 Å². The molecule has 3 N–H and O–H groups in total. The van der Waals surface area contributed by atoms with Gasteiger partial charge in [-0.15, -0.1) is 0 Å². The van der Waals surface area contributed by atoms with Gasteiger partial charge in [0, 0.05) is 11.8 Å². The maximum absolute atomic E-state index is 5.57. The van der Waals surface area contributed by atoms with Gasteiger partial charge < -0.3 is 15.8 Å². The van der Waals surface area contributed by atoms with Crippen LogP contribution in [0.5, 0.6) is 5.75 Å². The van der Waals surface area contributed by atoms with Crippen molar-refractivity contribution in [1.29, 1.82) is 0 Å². The molecule has 4 heteroatoms. The Bertz CT molecular complexity index is 485. The van der Waals surface area contributed by atoms with Crippen molar-refractivity contribution in [2.45, 2.75) is 0 Å². The van der Waals surface area contributed by atoms with Crippen LogP contribution in [0.4, 0.5) is 17.2 Å². The quantitative estimate of drug-likeness (QED) is 0.822. The molecule has 1 aromatic heterocycles. The first-order valence-corrected chi connectivity index (χ1v) is 4.83. The third-order valence-electron chi connectivity index (χ3n) is 2.10. The summed E-state index contributed by atoms with van der Waals surface area (Å²) in [5.74, 6) is 1.21. The van der Waals surface area contributed by atoms with Crippen LogP contribution in [0.2, 0.25) is 0 Å². The number of nitrogen functional groups attached to an aromatic ring is 1. The molecule has 0 atom stereocenters. The Hall–Kier alpha value is -2.23. The van der Waals surface area contributed by atoms with E-state index >= 15 is 0 Å². The summed E-state index contributed by atoms with van der Waals surface area (Å²) in [6.07, 6.45) is 2.71. The van der Waals surface area contributed by atoms with Crippen LogP contribution in [0.25, 0.3) is 0 Å². The molecule has 0 aliphatic heterocycles. The van der Waals surface area contributed by atoms with Gasteiger partial charge in [-0.3, -0.25) is 0 Å². The van der Waals surface area contributed by atoms with Crippen LogP contribution in [0.15, 0.2) is 36.4 Å². The zero-order valence-electron chi connectivity index (χ0n) is 8.90. The van der Waals surface area contributed by atoms with Crippen molar-refractivity contribution in [2.75, 3.05) is 18.2 Å². The van der Waals surface area contributed by atoms with Crippen LogP contribution in [-0.2, 0) is 0 Å². The number of pyridine rings is 1. The Morgan fingerprint density at radius 3 is 2.94 bits per heavy atom. The second-order valence-corrected chi connectivity index (χ2v) is 3.24. The number of rotatable bonds is 3. The van der Waals surface area contributed by atoms with Crippen molar-refractivity contribution in [3.05, 3.63) is 42.6 Å². The average molecular weight is 214 g/mol. The van der Waals surface area contributed by atoms with E-state index in [0.29, 0.717) is 5.82 Å². The van der Waals surface area contributed by atoms with Gasteiger partial charge in [-0.25, -0.2) is 4.98 Å². The van der Waals surface area contributed by atoms with Crippen molar-refractivity contribution < 1.29 is 4.74 Å². The lowest BCUT2D eigenvalue weighted by molar-refractivity contribution is 0.417. The van der Waals surface area contributed by atoms with Crippen molar-refractivity contribution in [3.8, 4) is 5.75 Å². The number of aromatic nitrogens is 1. The summed E-state index contributed by atoms with van der Waals surface area (Å²) >= 11 is 0. The first-order chi connectivity index (χ1) is 7.79. The van der Waals surface area contributed by atoms with Gasteiger partial charge in [0.05, 0.1) is 19.0 Å². The molecular weight excluding hydrogens is 202 g/mol. The molecule has 4 nitrogen and oxygen atoms in total. The molecule has 16 heavy (non-hydrogen) atoms. The van der Waals surface area contributed by atoms with E-state index in [4.69, 9.17) is 10.5 Å². The summed E-state index contributed by atoms with van der Waals surface area (Å²) in [4.78, 5) is 3.81. The number of benzene rings is 1. The molecule has 0 aliphatic rings.